The van der Waals surface area contributed by atoms with Gasteiger partial charge in [-0.2, -0.15) is 0 Å². The van der Waals surface area contributed by atoms with Crippen LogP contribution in [0.25, 0.3) is 11.4 Å². The molecule has 1 aromatic carbocycles. The fraction of sp³-hybridized carbons (Fsp3) is 0.333. The van der Waals surface area contributed by atoms with Crippen LogP contribution in [0.1, 0.15) is 26.5 Å². The van der Waals surface area contributed by atoms with Gasteiger partial charge in [0.25, 0.3) is 0 Å². The smallest absolute Gasteiger partial charge is 0.165 e. The molecule has 0 saturated heterocycles. The van der Waals surface area contributed by atoms with E-state index >= 15 is 0 Å². The van der Waals surface area contributed by atoms with Crippen molar-refractivity contribution < 1.29 is 4.74 Å². The van der Waals surface area contributed by atoms with Crippen LogP contribution < -0.4 is 16.0 Å². The van der Waals surface area contributed by atoms with E-state index in [2.05, 4.69) is 52.1 Å². The number of benzene rings is 1. The van der Waals surface area contributed by atoms with Crippen LogP contribution in [0.15, 0.2) is 28.7 Å². The molecule has 0 saturated carbocycles. The van der Waals surface area contributed by atoms with Crippen LogP contribution in [0.4, 0.5) is 5.82 Å². The van der Waals surface area contributed by atoms with Gasteiger partial charge in [-0.05, 0) is 18.2 Å². The topological polar surface area (TPSA) is 73.1 Å². The molecule has 0 spiro atoms. The summed E-state index contributed by atoms with van der Waals surface area (Å²) in [6, 6.07) is 7.58. The first-order valence-corrected chi connectivity index (χ1v) is 7.34. The minimum Gasteiger partial charge on any atom is -0.496 e. The normalized spacial score (nSPS) is 11.3. The van der Waals surface area contributed by atoms with E-state index in [0.717, 1.165) is 15.7 Å². The summed E-state index contributed by atoms with van der Waals surface area (Å²) in [5.41, 5.74) is 4.21. The van der Waals surface area contributed by atoms with Gasteiger partial charge in [0.2, 0.25) is 0 Å². The minimum absolute atomic E-state index is 0.109. The zero-order valence-electron chi connectivity index (χ0n) is 12.6. The molecule has 2 aromatic rings. The number of methoxy groups -OCH3 is 1. The Kier molecular flexibility index (Phi) is 4.49. The zero-order chi connectivity index (χ0) is 15.6. The average molecular weight is 351 g/mol. The number of nitrogen functional groups attached to an aromatic ring is 1. The number of nitrogens with two attached hydrogens (primary N) is 1. The lowest BCUT2D eigenvalue weighted by Crippen LogP contribution is -2.17. The van der Waals surface area contributed by atoms with Crippen molar-refractivity contribution in [3.63, 3.8) is 0 Å². The molecule has 0 aliphatic rings. The van der Waals surface area contributed by atoms with Crippen molar-refractivity contribution in [3.8, 4) is 17.1 Å². The lowest BCUT2D eigenvalue weighted by molar-refractivity contribution is 0.416. The van der Waals surface area contributed by atoms with E-state index in [-0.39, 0.29) is 5.41 Å². The Morgan fingerprint density at radius 2 is 1.90 bits per heavy atom. The molecule has 6 heteroatoms. The Bertz CT molecular complexity index is 653. The highest BCUT2D eigenvalue weighted by Gasteiger charge is 2.19. The number of hydrogen-bond donors (Lipinski definition) is 2. The molecule has 0 fully saturated rings. The Hall–Kier alpha value is -1.66. The van der Waals surface area contributed by atoms with Crippen molar-refractivity contribution in [3.05, 3.63) is 34.4 Å². The summed E-state index contributed by atoms with van der Waals surface area (Å²) in [5, 5.41) is 0. The molecule has 1 heterocycles. The van der Waals surface area contributed by atoms with Gasteiger partial charge in [0.05, 0.1) is 18.4 Å². The van der Waals surface area contributed by atoms with Gasteiger partial charge in [-0.25, -0.2) is 15.8 Å². The molecule has 2 rings (SSSR count). The first-order valence-electron chi connectivity index (χ1n) is 6.55. The number of ether oxygens (including phenoxy) is 1. The lowest BCUT2D eigenvalue weighted by atomic mass is 9.92. The van der Waals surface area contributed by atoms with Crippen LogP contribution >= 0.6 is 15.9 Å². The summed E-state index contributed by atoms with van der Waals surface area (Å²) in [4.78, 5) is 9.10. The first kappa shape index (κ1) is 15.7. The summed E-state index contributed by atoms with van der Waals surface area (Å²) in [6.07, 6.45) is 0. The maximum absolute atomic E-state index is 5.53. The molecule has 0 atom stereocenters. The van der Waals surface area contributed by atoms with Crippen molar-refractivity contribution in [1.29, 1.82) is 0 Å². The number of rotatable bonds is 3. The van der Waals surface area contributed by atoms with Gasteiger partial charge >= 0.3 is 0 Å². The van der Waals surface area contributed by atoms with Crippen LogP contribution in [0.5, 0.6) is 5.75 Å². The van der Waals surface area contributed by atoms with E-state index in [9.17, 15) is 0 Å². The highest BCUT2D eigenvalue weighted by molar-refractivity contribution is 9.10. The summed E-state index contributed by atoms with van der Waals surface area (Å²) in [7, 11) is 1.63. The summed E-state index contributed by atoms with van der Waals surface area (Å²) < 4.78 is 6.34. The first-order chi connectivity index (χ1) is 9.85. The van der Waals surface area contributed by atoms with Crippen molar-refractivity contribution in [2.75, 3.05) is 12.5 Å². The van der Waals surface area contributed by atoms with E-state index in [1.807, 2.05) is 24.3 Å². The molecule has 3 N–H and O–H groups in total. The Balaban J connectivity index is 2.66. The van der Waals surface area contributed by atoms with Gasteiger partial charge in [-0.15, -0.1) is 0 Å². The second-order valence-corrected chi connectivity index (χ2v) is 6.62. The number of hydrogen-bond acceptors (Lipinski definition) is 5. The Morgan fingerprint density at radius 3 is 2.48 bits per heavy atom. The largest absolute Gasteiger partial charge is 0.496 e. The highest BCUT2D eigenvalue weighted by atomic mass is 79.9. The van der Waals surface area contributed by atoms with E-state index in [1.54, 1.807) is 7.11 Å². The Labute approximate surface area is 133 Å². The standard InChI is InChI=1S/C15H19BrN4O/c1-15(2,3)12-8-13(20-17)19-14(18-12)10-7-9(16)5-6-11(10)21-4/h5-8H,17H2,1-4H3,(H,18,19,20). The van der Waals surface area contributed by atoms with Gasteiger partial charge < -0.3 is 10.2 Å². The predicted molar refractivity (Wildman–Crippen MR) is 88.2 cm³/mol. The van der Waals surface area contributed by atoms with Crippen molar-refractivity contribution in [2.24, 2.45) is 5.84 Å². The van der Waals surface area contributed by atoms with Gasteiger partial charge in [0.15, 0.2) is 5.82 Å². The summed E-state index contributed by atoms with van der Waals surface area (Å²) in [5.74, 6) is 7.40. The van der Waals surface area contributed by atoms with Crippen LogP contribution in [-0.2, 0) is 5.41 Å². The van der Waals surface area contributed by atoms with Crippen LogP contribution in [0.3, 0.4) is 0 Å². The third-order valence-electron chi connectivity index (χ3n) is 3.04. The van der Waals surface area contributed by atoms with E-state index in [1.165, 1.54) is 0 Å². The highest BCUT2D eigenvalue weighted by Crippen LogP contribution is 2.32. The van der Waals surface area contributed by atoms with Crippen molar-refractivity contribution in [1.82, 2.24) is 9.97 Å². The fourth-order valence-electron chi connectivity index (χ4n) is 1.88. The molecule has 0 aliphatic heterocycles. The molecule has 0 amide bonds. The number of aromatic nitrogens is 2. The average Bonchev–Trinajstić information content (AvgIpc) is 2.45. The molecule has 1 aromatic heterocycles. The van der Waals surface area contributed by atoms with Crippen LogP contribution in [-0.4, -0.2) is 17.1 Å². The molecular formula is C15H19BrN4O. The van der Waals surface area contributed by atoms with Gasteiger partial charge in [0.1, 0.15) is 11.6 Å². The number of halogens is 1. The second-order valence-electron chi connectivity index (χ2n) is 5.70. The molecule has 5 nitrogen and oxygen atoms in total. The maximum atomic E-state index is 5.53. The molecule has 0 aliphatic carbocycles. The Morgan fingerprint density at radius 1 is 1.19 bits per heavy atom. The van der Waals surface area contributed by atoms with E-state index in [0.29, 0.717) is 17.4 Å². The van der Waals surface area contributed by atoms with Crippen LogP contribution in [0.2, 0.25) is 0 Å². The molecule has 112 valence electrons. The lowest BCUT2D eigenvalue weighted by Gasteiger charge is -2.19. The number of anilines is 1. The van der Waals surface area contributed by atoms with E-state index in [4.69, 9.17) is 10.6 Å². The number of hydrazine groups is 1. The van der Waals surface area contributed by atoms with Gasteiger partial charge in [0, 0.05) is 16.0 Å². The monoisotopic (exact) mass is 350 g/mol. The SMILES string of the molecule is COc1ccc(Br)cc1-c1nc(NN)cc(C(C)(C)C)n1. The minimum atomic E-state index is -0.109. The predicted octanol–water partition coefficient (Wildman–Crippen LogP) is 3.50. The quantitative estimate of drug-likeness (QED) is 0.654. The zero-order valence-corrected chi connectivity index (χ0v) is 14.2. The van der Waals surface area contributed by atoms with E-state index < -0.39 is 0 Å². The fourth-order valence-corrected chi connectivity index (χ4v) is 2.24. The molecule has 0 radical (unpaired) electrons. The second kappa shape index (κ2) is 5.99. The van der Waals surface area contributed by atoms with Crippen molar-refractivity contribution >= 4 is 21.7 Å². The molecule has 0 unspecified atom stereocenters. The summed E-state index contributed by atoms with van der Waals surface area (Å²) >= 11 is 3.46. The van der Waals surface area contributed by atoms with Crippen molar-refractivity contribution in [2.45, 2.75) is 26.2 Å². The summed E-state index contributed by atoms with van der Waals surface area (Å²) in [6.45, 7) is 6.28. The van der Waals surface area contributed by atoms with Gasteiger partial charge in [-0.3, -0.25) is 0 Å². The van der Waals surface area contributed by atoms with Crippen LogP contribution in [0, 0.1) is 0 Å². The molecular weight excluding hydrogens is 332 g/mol. The molecule has 21 heavy (non-hydrogen) atoms. The number of nitrogens with one attached hydrogen (secondary N) is 1. The van der Waals surface area contributed by atoms with Gasteiger partial charge in [-0.1, -0.05) is 36.7 Å². The third-order valence-corrected chi connectivity index (χ3v) is 3.54. The molecule has 0 bridgehead atoms. The maximum Gasteiger partial charge on any atom is 0.165 e. The number of nitrogens with zero attached hydrogens (tertiary/aromatic N) is 2. The third kappa shape index (κ3) is 3.51.